The molecule has 8 heteroatoms. The maximum atomic E-state index is 13.9. The molecule has 0 aliphatic carbocycles. The second-order valence-electron chi connectivity index (χ2n) is 7.69. The van der Waals surface area contributed by atoms with Crippen molar-refractivity contribution < 1.29 is 27.9 Å². The standard InChI is InChI=1S/C21H28F2N2O4/c1-14(2)13-25(11-8-19(26)29-3)20(27)15-6-9-24(10-7-15)21(28)17-5-4-16(22)12-18(17)23/h4-5,12,14-15H,6-11,13H2,1-3H3. The predicted molar refractivity (Wildman–Crippen MR) is 103 cm³/mol. The summed E-state index contributed by atoms with van der Waals surface area (Å²) in [5, 5.41) is 0. The summed E-state index contributed by atoms with van der Waals surface area (Å²) in [6.45, 7) is 5.46. The zero-order valence-corrected chi connectivity index (χ0v) is 17.1. The summed E-state index contributed by atoms with van der Waals surface area (Å²) >= 11 is 0. The van der Waals surface area contributed by atoms with E-state index in [1.54, 1.807) is 4.90 Å². The van der Waals surface area contributed by atoms with Gasteiger partial charge in [0.05, 0.1) is 19.1 Å². The Morgan fingerprint density at radius 1 is 1.21 bits per heavy atom. The van der Waals surface area contributed by atoms with Crippen LogP contribution in [0.15, 0.2) is 18.2 Å². The number of benzene rings is 1. The summed E-state index contributed by atoms with van der Waals surface area (Å²) in [6.07, 6.45) is 1.05. The van der Waals surface area contributed by atoms with Gasteiger partial charge < -0.3 is 14.5 Å². The van der Waals surface area contributed by atoms with Gasteiger partial charge in [0, 0.05) is 38.2 Å². The first-order chi connectivity index (χ1) is 13.7. The van der Waals surface area contributed by atoms with Crippen LogP contribution in [0.2, 0.25) is 0 Å². The van der Waals surface area contributed by atoms with E-state index >= 15 is 0 Å². The molecule has 6 nitrogen and oxygen atoms in total. The van der Waals surface area contributed by atoms with Crippen LogP contribution < -0.4 is 0 Å². The lowest BCUT2D eigenvalue weighted by atomic mass is 9.94. The molecule has 1 heterocycles. The molecule has 0 aromatic heterocycles. The van der Waals surface area contributed by atoms with Crippen molar-refractivity contribution in [1.82, 2.24) is 9.80 Å². The van der Waals surface area contributed by atoms with Crippen LogP contribution in [0.3, 0.4) is 0 Å². The second-order valence-corrected chi connectivity index (χ2v) is 7.69. The van der Waals surface area contributed by atoms with E-state index in [1.165, 1.54) is 12.0 Å². The zero-order valence-electron chi connectivity index (χ0n) is 17.1. The van der Waals surface area contributed by atoms with Crippen molar-refractivity contribution in [3.63, 3.8) is 0 Å². The highest BCUT2D eigenvalue weighted by Crippen LogP contribution is 2.23. The number of piperidine rings is 1. The van der Waals surface area contributed by atoms with Gasteiger partial charge in [0.15, 0.2) is 0 Å². The molecule has 1 aromatic carbocycles. The minimum absolute atomic E-state index is 0.0392. The first-order valence-electron chi connectivity index (χ1n) is 9.82. The monoisotopic (exact) mass is 410 g/mol. The van der Waals surface area contributed by atoms with Crippen molar-refractivity contribution in [1.29, 1.82) is 0 Å². The average molecular weight is 410 g/mol. The van der Waals surface area contributed by atoms with Gasteiger partial charge in [0.2, 0.25) is 5.91 Å². The molecule has 2 amide bonds. The van der Waals surface area contributed by atoms with Crippen molar-refractivity contribution in [2.24, 2.45) is 11.8 Å². The summed E-state index contributed by atoms with van der Waals surface area (Å²) in [6, 6.07) is 2.88. The number of amides is 2. The highest BCUT2D eigenvalue weighted by Gasteiger charge is 2.31. The van der Waals surface area contributed by atoms with Gasteiger partial charge >= 0.3 is 5.97 Å². The van der Waals surface area contributed by atoms with Crippen molar-refractivity contribution in [3.8, 4) is 0 Å². The molecular formula is C21H28F2N2O4. The van der Waals surface area contributed by atoms with Gasteiger partial charge in [-0.2, -0.15) is 0 Å². The van der Waals surface area contributed by atoms with Crippen LogP contribution in [-0.4, -0.2) is 60.9 Å². The van der Waals surface area contributed by atoms with E-state index in [0.717, 1.165) is 12.1 Å². The van der Waals surface area contributed by atoms with Crippen LogP contribution in [0.25, 0.3) is 0 Å². The number of halogens is 2. The molecule has 0 N–H and O–H groups in total. The molecule has 1 saturated heterocycles. The molecule has 160 valence electrons. The normalized spacial score (nSPS) is 14.8. The minimum atomic E-state index is -0.890. The molecule has 0 unspecified atom stereocenters. The van der Waals surface area contributed by atoms with E-state index in [-0.39, 0.29) is 35.7 Å². The van der Waals surface area contributed by atoms with Gasteiger partial charge in [0.25, 0.3) is 5.91 Å². The number of ether oxygens (including phenoxy) is 1. The molecule has 0 spiro atoms. The predicted octanol–water partition coefficient (Wildman–Crippen LogP) is 2.86. The molecule has 1 aromatic rings. The number of likely N-dealkylation sites (tertiary alicyclic amines) is 1. The van der Waals surface area contributed by atoms with Crippen LogP contribution in [0, 0.1) is 23.5 Å². The Morgan fingerprint density at radius 2 is 1.86 bits per heavy atom. The van der Waals surface area contributed by atoms with E-state index in [9.17, 15) is 23.2 Å². The molecule has 0 atom stereocenters. The number of rotatable bonds is 7. The number of carbonyl (C=O) groups excluding carboxylic acids is 3. The van der Waals surface area contributed by atoms with Gasteiger partial charge in [-0.05, 0) is 30.9 Å². The third kappa shape index (κ3) is 6.24. The molecule has 0 saturated carbocycles. The van der Waals surface area contributed by atoms with Gasteiger partial charge in [-0.3, -0.25) is 14.4 Å². The summed E-state index contributed by atoms with van der Waals surface area (Å²) in [5.74, 6) is -2.54. The molecule has 0 bridgehead atoms. The number of esters is 1. The van der Waals surface area contributed by atoms with Gasteiger partial charge in [-0.15, -0.1) is 0 Å². The molecule has 0 radical (unpaired) electrons. The smallest absolute Gasteiger partial charge is 0.307 e. The number of nitrogens with zero attached hydrogens (tertiary/aromatic N) is 2. The molecule has 1 aliphatic rings. The Morgan fingerprint density at radius 3 is 2.41 bits per heavy atom. The summed E-state index contributed by atoms with van der Waals surface area (Å²) in [5.41, 5.74) is -0.171. The summed E-state index contributed by atoms with van der Waals surface area (Å²) in [4.78, 5) is 40.1. The van der Waals surface area contributed by atoms with Gasteiger partial charge in [-0.25, -0.2) is 8.78 Å². The number of hydrogen-bond acceptors (Lipinski definition) is 4. The number of methoxy groups -OCH3 is 1. The maximum absolute atomic E-state index is 13.9. The molecule has 29 heavy (non-hydrogen) atoms. The largest absolute Gasteiger partial charge is 0.469 e. The Labute approximate surface area is 169 Å². The molecule has 1 fully saturated rings. The zero-order chi connectivity index (χ0) is 21.6. The lowest BCUT2D eigenvalue weighted by Gasteiger charge is -2.35. The number of carbonyl (C=O) groups is 3. The lowest BCUT2D eigenvalue weighted by Crippen LogP contribution is -2.46. The first-order valence-corrected chi connectivity index (χ1v) is 9.82. The van der Waals surface area contributed by atoms with Crippen molar-refractivity contribution in [3.05, 3.63) is 35.4 Å². The van der Waals surface area contributed by atoms with E-state index in [4.69, 9.17) is 0 Å². The SMILES string of the molecule is COC(=O)CCN(CC(C)C)C(=O)C1CCN(C(=O)c2ccc(F)cc2F)CC1. The Balaban J connectivity index is 1.97. The maximum Gasteiger partial charge on any atom is 0.307 e. The minimum Gasteiger partial charge on any atom is -0.469 e. The van der Waals surface area contributed by atoms with E-state index in [1.807, 2.05) is 13.8 Å². The van der Waals surface area contributed by atoms with Crippen LogP contribution in [-0.2, 0) is 14.3 Å². The fraction of sp³-hybridized carbons (Fsp3) is 0.571. The van der Waals surface area contributed by atoms with E-state index in [2.05, 4.69) is 4.74 Å². The first kappa shape index (κ1) is 22.8. The quantitative estimate of drug-likeness (QED) is 0.649. The Bertz CT molecular complexity index is 746. The fourth-order valence-corrected chi connectivity index (χ4v) is 3.48. The molecule has 2 rings (SSSR count). The topological polar surface area (TPSA) is 66.9 Å². The highest BCUT2D eigenvalue weighted by molar-refractivity contribution is 5.94. The van der Waals surface area contributed by atoms with E-state index in [0.29, 0.717) is 45.1 Å². The number of hydrogen-bond donors (Lipinski definition) is 0. The van der Waals surface area contributed by atoms with Crippen LogP contribution >= 0.6 is 0 Å². The van der Waals surface area contributed by atoms with Crippen LogP contribution in [0.1, 0.15) is 43.5 Å². The van der Waals surface area contributed by atoms with Crippen LogP contribution in [0.4, 0.5) is 8.78 Å². The van der Waals surface area contributed by atoms with Crippen molar-refractivity contribution >= 4 is 17.8 Å². The second kappa shape index (κ2) is 10.3. The van der Waals surface area contributed by atoms with Gasteiger partial charge in [0.1, 0.15) is 11.6 Å². The van der Waals surface area contributed by atoms with Crippen molar-refractivity contribution in [2.75, 3.05) is 33.3 Å². The van der Waals surface area contributed by atoms with E-state index < -0.39 is 17.5 Å². The fourth-order valence-electron chi connectivity index (χ4n) is 3.48. The Kier molecular flexibility index (Phi) is 8.10. The third-order valence-corrected chi connectivity index (χ3v) is 5.00. The molecular weight excluding hydrogens is 382 g/mol. The Hall–Kier alpha value is -2.51. The third-order valence-electron chi connectivity index (χ3n) is 5.00. The average Bonchev–Trinajstić information content (AvgIpc) is 2.69. The highest BCUT2D eigenvalue weighted by atomic mass is 19.1. The molecule has 1 aliphatic heterocycles. The summed E-state index contributed by atoms with van der Waals surface area (Å²) < 4.78 is 31.6. The summed E-state index contributed by atoms with van der Waals surface area (Å²) in [7, 11) is 1.31. The van der Waals surface area contributed by atoms with Crippen LogP contribution in [0.5, 0.6) is 0 Å². The lowest BCUT2D eigenvalue weighted by molar-refractivity contribution is -0.143. The van der Waals surface area contributed by atoms with Gasteiger partial charge in [-0.1, -0.05) is 13.8 Å². The van der Waals surface area contributed by atoms with Crippen molar-refractivity contribution in [2.45, 2.75) is 33.1 Å².